The molecule has 0 atom stereocenters. The van der Waals surface area contributed by atoms with Gasteiger partial charge in [0.1, 0.15) is 0 Å². The molecule has 0 saturated heterocycles. The van der Waals surface area contributed by atoms with Crippen molar-refractivity contribution in [2.75, 3.05) is 0 Å². The molecule has 0 N–H and O–H groups in total. The quantitative estimate of drug-likeness (QED) is 0.339. The van der Waals surface area contributed by atoms with Crippen LogP contribution >= 0.6 is 8.60 Å². The Balaban J connectivity index is -0.0000000150. The molecule has 0 aromatic heterocycles. The zero-order valence-electron chi connectivity index (χ0n) is 3.40. The molecule has 26 valence electrons. The molecule has 0 unspecified atom stereocenters. The zero-order chi connectivity index (χ0) is 3.58. The van der Waals surface area contributed by atoms with Gasteiger partial charge < -0.3 is 23.3 Å². The molecule has 0 aliphatic rings. The summed E-state index contributed by atoms with van der Waals surface area (Å²) in [6.45, 7) is 0. The first-order chi connectivity index (χ1) is 1.73. The Morgan fingerprint density at radius 3 is 1.00 bits per heavy atom. The number of hydrogen-bond donors (Lipinski definition) is 0. The van der Waals surface area contributed by atoms with Gasteiger partial charge >= 0.3 is 63.0 Å². The second-order valence-corrected chi connectivity index (χ2v) is 0.671. The predicted octanol–water partition coefficient (Wildman–Crippen LogP) is -3.85. The molecule has 0 bridgehead atoms. The van der Waals surface area contributed by atoms with E-state index in [0.29, 0.717) is 0 Å². The van der Waals surface area contributed by atoms with Crippen molar-refractivity contribution in [2.24, 2.45) is 0 Å². The SMILES string of the molecule is [Al+3].[Ga+3].[In+3].[O-]P([O-])[O-]. The van der Waals surface area contributed by atoms with E-state index in [0.717, 1.165) is 0 Å². The second-order valence-electron chi connectivity index (χ2n) is 0.224. The van der Waals surface area contributed by atoms with Crippen LogP contribution in [0.4, 0.5) is 0 Å². The average molecular weight is 290 g/mol. The Hall–Kier alpha value is 2.35. The maximum absolute atomic E-state index is 8.48. The summed E-state index contributed by atoms with van der Waals surface area (Å²) in [6, 6.07) is 0. The van der Waals surface area contributed by atoms with E-state index in [1.807, 2.05) is 0 Å². The Morgan fingerprint density at radius 1 is 1.00 bits per heavy atom. The topological polar surface area (TPSA) is 69.2 Å². The fourth-order valence-corrected chi connectivity index (χ4v) is 0. The van der Waals surface area contributed by atoms with E-state index < -0.39 is 8.60 Å². The van der Waals surface area contributed by atoms with Gasteiger partial charge in [-0.25, -0.2) is 0 Å². The van der Waals surface area contributed by atoms with Crippen LogP contribution < -0.4 is 14.7 Å². The standard InChI is InChI=1S/Al.Ga.In.O3P/c;;;1-4(2)3/q3*+3;-3. The van der Waals surface area contributed by atoms with Crippen LogP contribution in [0.25, 0.3) is 0 Å². The van der Waals surface area contributed by atoms with Crippen molar-refractivity contribution in [1.82, 2.24) is 0 Å². The van der Waals surface area contributed by atoms with Crippen molar-refractivity contribution < 1.29 is 14.7 Å². The molecule has 0 spiro atoms. The van der Waals surface area contributed by atoms with E-state index >= 15 is 0 Å². The van der Waals surface area contributed by atoms with Crippen LogP contribution in [-0.2, 0) is 0 Å². The smallest absolute Gasteiger partial charge is 0.854 e. The van der Waals surface area contributed by atoms with Crippen molar-refractivity contribution >= 4 is 71.6 Å². The molecule has 3 nitrogen and oxygen atoms in total. The van der Waals surface area contributed by atoms with E-state index in [1.54, 1.807) is 0 Å². The molecule has 7 heavy (non-hydrogen) atoms. The van der Waals surface area contributed by atoms with E-state index in [4.69, 9.17) is 14.7 Å². The first-order valence-electron chi connectivity index (χ1n) is 0.548. The van der Waals surface area contributed by atoms with Gasteiger partial charge in [-0.2, -0.15) is 0 Å². The fraction of sp³-hybridized carbons (Fsp3) is 0. The summed E-state index contributed by atoms with van der Waals surface area (Å²) in [5.41, 5.74) is 0. The zero-order valence-corrected chi connectivity index (χ0v) is 11.2. The molecule has 0 aliphatic heterocycles. The summed E-state index contributed by atoms with van der Waals surface area (Å²) < 4.78 is 0. The fourth-order valence-electron chi connectivity index (χ4n) is 0. The van der Waals surface area contributed by atoms with Gasteiger partial charge in [0, 0.05) is 0 Å². The summed E-state index contributed by atoms with van der Waals surface area (Å²) in [6.07, 6.45) is 0. The van der Waals surface area contributed by atoms with Crippen molar-refractivity contribution in [3.63, 3.8) is 0 Å². The molecule has 0 saturated carbocycles. The third kappa shape index (κ3) is 61.0. The molecular weight excluding hydrogens is 290 g/mol. The Morgan fingerprint density at radius 2 is 1.00 bits per heavy atom. The predicted molar refractivity (Wildman–Crippen MR) is 24.2 cm³/mol. The molecule has 0 aliphatic carbocycles. The van der Waals surface area contributed by atoms with Gasteiger partial charge in [-0.1, -0.05) is 0 Å². The minimum atomic E-state index is -3.37. The summed E-state index contributed by atoms with van der Waals surface area (Å²) in [5.74, 6) is 0. The van der Waals surface area contributed by atoms with Gasteiger partial charge in [0.2, 0.25) is 0 Å². The van der Waals surface area contributed by atoms with Crippen molar-refractivity contribution in [2.45, 2.75) is 0 Å². The van der Waals surface area contributed by atoms with Gasteiger partial charge in [-0.3, -0.25) is 0 Å². The molecule has 0 aromatic rings. The Bertz CT molecular complexity index is 19.7. The van der Waals surface area contributed by atoms with Gasteiger partial charge in [-0.05, 0) is 0 Å². The minimum Gasteiger partial charge on any atom is -0.854 e. The number of rotatable bonds is 0. The average Bonchev–Trinajstić information content (AvgIpc) is 0.811. The van der Waals surface area contributed by atoms with Crippen LogP contribution in [-0.4, -0.2) is 63.0 Å². The van der Waals surface area contributed by atoms with Gasteiger partial charge in [0.15, 0.2) is 0 Å². The minimum absolute atomic E-state index is 0. The van der Waals surface area contributed by atoms with Gasteiger partial charge in [0.05, 0.1) is 0 Å². The summed E-state index contributed by atoms with van der Waals surface area (Å²) >= 11 is 0. The van der Waals surface area contributed by atoms with Crippen LogP contribution in [0.3, 0.4) is 0 Å². The number of hydrogen-bond acceptors (Lipinski definition) is 3. The third-order valence-electron chi connectivity index (χ3n) is 0. The third-order valence-corrected chi connectivity index (χ3v) is 0. The van der Waals surface area contributed by atoms with Crippen LogP contribution in [0.1, 0.15) is 0 Å². The Labute approximate surface area is 85.5 Å². The van der Waals surface area contributed by atoms with E-state index in [2.05, 4.69) is 0 Å². The molecule has 7 heteroatoms. The maximum Gasteiger partial charge on any atom is 3.00 e. The normalized spacial score (nSPS) is 5.14. The Kier molecular flexibility index (Phi) is 51.3. The summed E-state index contributed by atoms with van der Waals surface area (Å²) in [4.78, 5) is 25.4. The van der Waals surface area contributed by atoms with Crippen LogP contribution in [0.15, 0.2) is 0 Å². The summed E-state index contributed by atoms with van der Waals surface area (Å²) in [7, 11) is -3.37. The molecule has 0 heterocycles. The molecule has 0 radical (unpaired) electrons. The monoisotopic (exact) mass is 290 g/mol. The molecule has 0 rings (SSSR count). The summed E-state index contributed by atoms with van der Waals surface area (Å²) in [5, 5.41) is 0. The van der Waals surface area contributed by atoms with Gasteiger partial charge in [-0.15, -0.1) is 0 Å². The van der Waals surface area contributed by atoms with Crippen LogP contribution in [0.2, 0.25) is 0 Å². The van der Waals surface area contributed by atoms with Gasteiger partial charge in [0.25, 0.3) is 0 Å². The van der Waals surface area contributed by atoms with Crippen molar-refractivity contribution in [1.29, 1.82) is 0 Å². The van der Waals surface area contributed by atoms with Crippen molar-refractivity contribution in [3.8, 4) is 0 Å². The maximum atomic E-state index is 8.48. The van der Waals surface area contributed by atoms with E-state index in [1.165, 1.54) is 0 Å². The first kappa shape index (κ1) is 22.8. The van der Waals surface area contributed by atoms with Crippen molar-refractivity contribution in [3.05, 3.63) is 0 Å². The van der Waals surface area contributed by atoms with Crippen LogP contribution in [0.5, 0.6) is 0 Å². The largest absolute Gasteiger partial charge is 3.00 e. The van der Waals surface area contributed by atoms with E-state index in [9.17, 15) is 0 Å². The molecular formula is AlGaInO3P+6. The second kappa shape index (κ2) is 15.8. The molecule has 0 amide bonds. The van der Waals surface area contributed by atoms with Crippen LogP contribution in [0, 0.1) is 0 Å². The first-order valence-corrected chi connectivity index (χ1v) is 1.64. The van der Waals surface area contributed by atoms with E-state index in [-0.39, 0.29) is 63.0 Å². The molecule has 0 fully saturated rings. The molecule has 0 aromatic carbocycles.